The van der Waals surface area contributed by atoms with Crippen LogP contribution in [0, 0.1) is 15.5 Å². The number of aromatic nitrogens is 1. The third kappa shape index (κ3) is 6.42. The topological polar surface area (TPSA) is 119 Å². The SMILES string of the molecule is CC1(C)CCN(c2ccc3c(CS(=O)(=O)c4ccc(NCCSc5ccccc5)c([N+](=O)[O-])c4)noc3c2)CC1. The van der Waals surface area contributed by atoms with Gasteiger partial charge in [0.2, 0.25) is 0 Å². The van der Waals surface area contributed by atoms with E-state index >= 15 is 0 Å². The highest BCUT2D eigenvalue weighted by Crippen LogP contribution is 2.35. The maximum Gasteiger partial charge on any atom is 0.293 e. The fraction of sp³-hybridized carbons (Fsp3) is 0.345. The van der Waals surface area contributed by atoms with Gasteiger partial charge in [-0.3, -0.25) is 10.1 Å². The lowest BCUT2D eigenvalue weighted by atomic mass is 9.82. The second-order valence-electron chi connectivity index (χ2n) is 10.7. The number of benzene rings is 3. The van der Waals surface area contributed by atoms with Crippen LogP contribution in [0.5, 0.6) is 0 Å². The molecule has 1 aliphatic rings. The molecule has 0 amide bonds. The predicted octanol–water partition coefficient (Wildman–Crippen LogP) is 6.54. The van der Waals surface area contributed by atoms with E-state index in [0.29, 0.717) is 28.7 Å². The maximum atomic E-state index is 13.3. The van der Waals surface area contributed by atoms with E-state index in [1.54, 1.807) is 11.8 Å². The van der Waals surface area contributed by atoms with E-state index in [9.17, 15) is 18.5 Å². The van der Waals surface area contributed by atoms with Gasteiger partial charge in [-0.15, -0.1) is 11.8 Å². The van der Waals surface area contributed by atoms with Gasteiger partial charge >= 0.3 is 0 Å². The molecule has 0 bridgehead atoms. The van der Waals surface area contributed by atoms with Crippen LogP contribution < -0.4 is 10.2 Å². The van der Waals surface area contributed by atoms with Crippen molar-refractivity contribution < 1.29 is 17.9 Å². The first-order chi connectivity index (χ1) is 19.1. The Hall–Kier alpha value is -3.57. The van der Waals surface area contributed by atoms with Crippen molar-refractivity contribution in [3.63, 3.8) is 0 Å². The first kappa shape index (κ1) is 28.0. The Morgan fingerprint density at radius 3 is 2.55 bits per heavy atom. The maximum absolute atomic E-state index is 13.3. The van der Waals surface area contributed by atoms with Crippen LogP contribution in [-0.4, -0.2) is 43.9 Å². The van der Waals surface area contributed by atoms with Gasteiger partial charge in [-0.05, 0) is 54.7 Å². The number of nitrogens with one attached hydrogen (secondary N) is 1. The molecule has 1 N–H and O–H groups in total. The Morgan fingerprint density at radius 2 is 1.82 bits per heavy atom. The Morgan fingerprint density at radius 1 is 1.07 bits per heavy atom. The predicted molar refractivity (Wildman–Crippen MR) is 159 cm³/mol. The van der Waals surface area contributed by atoms with Crippen LogP contribution >= 0.6 is 11.8 Å². The molecule has 4 aromatic rings. The van der Waals surface area contributed by atoms with Crippen LogP contribution in [0.1, 0.15) is 32.4 Å². The molecule has 9 nitrogen and oxygen atoms in total. The minimum atomic E-state index is -3.92. The molecule has 0 atom stereocenters. The number of hydrogen-bond acceptors (Lipinski definition) is 9. The second kappa shape index (κ2) is 11.5. The van der Waals surface area contributed by atoms with Gasteiger partial charge in [0.15, 0.2) is 15.4 Å². The van der Waals surface area contributed by atoms with Crippen LogP contribution in [0.3, 0.4) is 0 Å². The molecule has 5 rings (SSSR count). The number of hydrogen-bond donors (Lipinski definition) is 1. The van der Waals surface area contributed by atoms with Crippen molar-refractivity contribution in [3.8, 4) is 0 Å². The van der Waals surface area contributed by atoms with Crippen molar-refractivity contribution in [1.29, 1.82) is 0 Å². The fourth-order valence-electron chi connectivity index (χ4n) is 4.79. The summed E-state index contributed by atoms with van der Waals surface area (Å²) >= 11 is 1.63. The zero-order chi connectivity index (χ0) is 28.3. The summed E-state index contributed by atoms with van der Waals surface area (Å²) in [7, 11) is -3.92. The van der Waals surface area contributed by atoms with Crippen molar-refractivity contribution in [3.05, 3.63) is 82.5 Å². The number of fused-ring (bicyclic) bond motifs is 1. The molecule has 1 aliphatic heterocycles. The van der Waals surface area contributed by atoms with Gasteiger partial charge in [0, 0.05) is 53.5 Å². The van der Waals surface area contributed by atoms with E-state index in [4.69, 9.17) is 4.52 Å². The first-order valence-electron chi connectivity index (χ1n) is 13.2. The minimum absolute atomic E-state index is 0.132. The van der Waals surface area contributed by atoms with Gasteiger partial charge in [-0.2, -0.15) is 0 Å². The largest absolute Gasteiger partial charge is 0.379 e. The lowest BCUT2D eigenvalue weighted by Crippen LogP contribution is -2.37. The van der Waals surface area contributed by atoms with Crippen LogP contribution in [0.4, 0.5) is 17.1 Å². The molecule has 0 radical (unpaired) electrons. The zero-order valence-electron chi connectivity index (χ0n) is 22.5. The van der Waals surface area contributed by atoms with Crippen molar-refractivity contribution in [1.82, 2.24) is 5.16 Å². The molecule has 2 heterocycles. The highest BCUT2D eigenvalue weighted by molar-refractivity contribution is 7.99. The van der Waals surface area contributed by atoms with Crippen molar-refractivity contribution >= 4 is 49.6 Å². The standard InChI is InChI=1S/C29H32N4O5S2/c1-29(2)12-15-32(16-13-29)21-8-10-24-26(31-38-28(24)18-21)20-40(36,37)23-9-11-25(27(19-23)33(34)35)30-14-17-39-22-6-4-3-5-7-22/h3-11,18-19,30H,12-17,20H2,1-2H3. The molecule has 0 saturated carbocycles. The highest BCUT2D eigenvalue weighted by atomic mass is 32.2. The van der Waals surface area contributed by atoms with Crippen LogP contribution in [0.2, 0.25) is 0 Å². The molecule has 1 fully saturated rings. The number of nitro benzene ring substituents is 1. The van der Waals surface area contributed by atoms with Gasteiger partial charge < -0.3 is 14.7 Å². The summed E-state index contributed by atoms with van der Waals surface area (Å²) in [5.41, 5.74) is 2.15. The lowest BCUT2D eigenvalue weighted by Gasteiger charge is -2.38. The number of thioether (sulfide) groups is 1. The summed E-state index contributed by atoms with van der Waals surface area (Å²) in [5.74, 6) is 0.271. The van der Waals surface area contributed by atoms with E-state index < -0.39 is 20.5 Å². The molecular formula is C29H32N4O5S2. The number of rotatable bonds is 10. The number of nitrogens with zero attached hydrogens (tertiary/aromatic N) is 3. The quantitative estimate of drug-likeness (QED) is 0.0965. The molecule has 3 aromatic carbocycles. The van der Waals surface area contributed by atoms with E-state index in [1.165, 1.54) is 12.1 Å². The second-order valence-corrected chi connectivity index (χ2v) is 13.9. The van der Waals surface area contributed by atoms with Crippen molar-refractivity contribution in [2.45, 2.75) is 42.2 Å². The molecule has 1 saturated heterocycles. The number of nitro groups is 1. The van der Waals surface area contributed by atoms with Gasteiger partial charge in [0.05, 0.1) is 9.82 Å². The average Bonchev–Trinajstić information content (AvgIpc) is 3.32. The van der Waals surface area contributed by atoms with Crippen LogP contribution in [-0.2, 0) is 15.6 Å². The Balaban J connectivity index is 1.28. The fourth-order valence-corrected chi connectivity index (χ4v) is 6.88. The van der Waals surface area contributed by atoms with E-state index in [-0.39, 0.29) is 22.0 Å². The molecule has 0 unspecified atom stereocenters. The Kier molecular flexibility index (Phi) is 8.04. The van der Waals surface area contributed by atoms with E-state index in [1.807, 2.05) is 48.5 Å². The number of piperidine rings is 1. The van der Waals surface area contributed by atoms with Gasteiger partial charge in [-0.1, -0.05) is 37.2 Å². The first-order valence-corrected chi connectivity index (χ1v) is 15.8. The molecular weight excluding hydrogens is 548 g/mol. The molecule has 11 heteroatoms. The zero-order valence-corrected chi connectivity index (χ0v) is 24.1. The third-order valence-corrected chi connectivity index (χ3v) is 9.93. The van der Waals surface area contributed by atoms with Crippen LogP contribution in [0.15, 0.2) is 81.0 Å². The van der Waals surface area contributed by atoms with E-state index in [2.05, 4.69) is 29.2 Å². The summed E-state index contributed by atoms with van der Waals surface area (Å²) < 4.78 is 32.1. The lowest BCUT2D eigenvalue weighted by molar-refractivity contribution is -0.384. The molecule has 0 spiro atoms. The summed E-state index contributed by atoms with van der Waals surface area (Å²) in [4.78, 5) is 14.5. The summed E-state index contributed by atoms with van der Waals surface area (Å²) in [6.07, 6.45) is 2.19. The van der Waals surface area contributed by atoms with Gasteiger partial charge in [0.25, 0.3) is 5.69 Å². The molecule has 0 aliphatic carbocycles. The highest BCUT2D eigenvalue weighted by Gasteiger charge is 2.27. The van der Waals surface area contributed by atoms with Crippen molar-refractivity contribution in [2.24, 2.45) is 5.41 Å². The van der Waals surface area contributed by atoms with Crippen LogP contribution in [0.25, 0.3) is 11.0 Å². The normalized spacial score (nSPS) is 15.3. The number of sulfone groups is 1. The molecule has 210 valence electrons. The Labute approximate surface area is 238 Å². The van der Waals surface area contributed by atoms with Gasteiger partial charge in [0.1, 0.15) is 17.1 Å². The Bertz CT molecular complexity index is 1610. The smallest absolute Gasteiger partial charge is 0.293 e. The van der Waals surface area contributed by atoms with Gasteiger partial charge in [-0.25, -0.2) is 8.42 Å². The third-order valence-electron chi connectivity index (χ3n) is 7.29. The summed E-state index contributed by atoms with van der Waals surface area (Å²) in [6.45, 7) is 6.94. The summed E-state index contributed by atoms with van der Waals surface area (Å²) in [6, 6.07) is 19.5. The monoisotopic (exact) mass is 580 g/mol. The minimum Gasteiger partial charge on any atom is -0.379 e. The van der Waals surface area contributed by atoms with Crippen molar-refractivity contribution in [2.75, 3.05) is 35.6 Å². The average molecular weight is 581 g/mol. The number of anilines is 2. The van der Waals surface area contributed by atoms with E-state index in [0.717, 1.165) is 42.6 Å². The molecule has 1 aromatic heterocycles. The molecule has 40 heavy (non-hydrogen) atoms. The summed E-state index contributed by atoms with van der Waals surface area (Å²) in [5, 5.41) is 19.5.